The summed E-state index contributed by atoms with van der Waals surface area (Å²) in [6.45, 7) is 0. The Morgan fingerprint density at radius 2 is 2.05 bits per heavy atom. The normalized spacial score (nSPS) is 31.8. The highest BCUT2D eigenvalue weighted by molar-refractivity contribution is 5.00. The van der Waals surface area contributed by atoms with Gasteiger partial charge in [0.2, 0.25) is 0 Å². The second-order valence-corrected chi connectivity index (χ2v) is 6.93. The number of hydrogen-bond donors (Lipinski definition) is 1. The summed E-state index contributed by atoms with van der Waals surface area (Å²) in [6, 6.07) is 2.06. The Bertz CT molecular complexity index is 428. The smallest absolute Gasteiger partial charge is 0.0572 e. The topological polar surface area (TPSA) is 38.0 Å². The van der Waals surface area contributed by atoms with Gasteiger partial charge in [-0.1, -0.05) is 25.7 Å². The van der Waals surface area contributed by atoms with Crippen molar-refractivity contribution in [3.05, 3.63) is 18.0 Å². The molecule has 3 nitrogen and oxygen atoms in total. The summed E-state index contributed by atoms with van der Waals surface area (Å²) in [5, 5.41) is 14.7. The molecule has 1 N–H and O–H groups in total. The molecule has 112 valence electrons. The maximum Gasteiger partial charge on any atom is 0.0572 e. The number of aliphatic hydroxyl groups excluding tert-OH is 1. The Morgan fingerprint density at radius 3 is 2.80 bits per heavy atom. The minimum atomic E-state index is -0.118. The van der Waals surface area contributed by atoms with Crippen molar-refractivity contribution in [1.82, 2.24) is 9.78 Å². The summed E-state index contributed by atoms with van der Waals surface area (Å²) >= 11 is 0. The highest BCUT2D eigenvalue weighted by atomic mass is 16.3. The van der Waals surface area contributed by atoms with Gasteiger partial charge in [-0.05, 0) is 55.9 Å². The lowest BCUT2D eigenvalue weighted by Gasteiger charge is -2.40. The molecular formula is C17H28N2O. The molecule has 2 aliphatic carbocycles. The fourth-order valence-electron chi connectivity index (χ4n) is 4.44. The number of aliphatic hydroxyl groups is 1. The van der Waals surface area contributed by atoms with Crippen molar-refractivity contribution in [3.63, 3.8) is 0 Å². The molecule has 4 atom stereocenters. The molecule has 0 saturated heterocycles. The lowest BCUT2D eigenvalue weighted by atomic mass is 9.66. The first-order valence-corrected chi connectivity index (χ1v) is 8.39. The van der Waals surface area contributed by atoms with Gasteiger partial charge in [-0.25, -0.2) is 0 Å². The first-order chi connectivity index (χ1) is 9.74. The van der Waals surface area contributed by atoms with E-state index in [-0.39, 0.29) is 6.10 Å². The van der Waals surface area contributed by atoms with Crippen molar-refractivity contribution in [2.24, 2.45) is 24.8 Å². The molecule has 0 bridgehead atoms. The van der Waals surface area contributed by atoms with Crippen LogP contribution in [0, 0.1) is 17.8 Å². The molecule has 0 aromatic carbocycles. The fraction of sp³-hybridized carbons (Fsp3) is 0.824. The highest BCUT2D eigenvalue weighted by Gasteiger charge is 2.34. The molecule has 1 heterocycles. The molecule has 3 rings (SSSR count). The standard InChI is InChI=1S/C17H28N2O/c1-19-16(10-11-18-19)8-9-17(20)15-7-6-13-4-2-3-5-14(13)12-15/h10-11,13-15,17,20H,2-9,12H2,1H3. The molecular weight excluding hydrogens is 248 g/mol. The molecule has 1 aromatic heterocycles. The third-order valence-electron chi connectivity index (χ3n) is 5.74. The van der Waals surface area contributed by atoms with Crippen LogP contribution >= 0.6 is 0 Å². The van der Waals surface area contributed by atoms with Crippen LogP contribution in [0.25, 0.3) is 0 Å². The first-order valence-electron chi connectivity index (χ1n) is 8.39. The van der Waals surface area contributed by atoms with Crippen LogP contribution in [0.4, 0.5) is 0 Å². The number of rotatable bonds is 4. The molecule has 0 amide bonds. The lowest BCUT2D eigenvalue weighted by molar-refractivity contribution is 0.0311. The van der Waals surface area contributed by atoms with Gasteiger partial charge < -0.3 is 5.11 Å². The Kier molecular flexibility index (Phi) is 4.45. The molecule has 2 saturated carbocycles. The van der Waals surface area contributed by atoms with E-state index in [4.69, 9.17) is 0 Å². The molecule has 2 aliphatic rings. The third kappa shape index (κ3) is 3.08. The van der Waals surface area contributed by atoms with E-state index >= 15 is 0 Å². The Balaban J connectivity index is 1.50. The second-order valence-electron chi connectivity index (χ2n) is 6.93. The van der Waals surface area contributed by atoms with Gasteiger partial charge >= 0.3 is 0 Å². The van der Waals surface area contributed by atoms with Crippen molar-refractivity contribution >= 4 is 0 Å². The summed E-state index contributed by atoms with van der Waals surface area (Å²) in [5.74, 6) is 2.43. The van der Waals surface area contributed by atoms with Gasteiger partial charge in [0.1, 0.15) is 0 Å². The van der Waals surface area contributed by atoms with Crippen LogP contribution in [0.15, 0.2) is 12.3 Å². The van der Waals surface area contributed by atoms with E-state index in [2.05, 4.69) is 11.2 Å². The zero-order chi connectivity index (χ0) is 13.9. The molecule has 2 fully saturated rings. The molecule has 0 aliphatic heterocycles. The quantitative estimate of drug-likeness (QED) is 0.916. The Labute approximate surface area is 122 Å². The number of fused-ring (bicyclic) bond motifs is 1. The first kappa shape index (κ1) is 14.1. The monoisotopic (exact) mass is 276 g/mol. The van der Waals surface area contributed by atoms with E-state index in [1.165, 1.54) is 50.6 Å². The second kappa shape index (κ2) is 6.30. The van der Waals surface area contributed by atoms with Gasteiger partial charge in [0, 0.05) is 18.9 Å². The summed E-state index contributed by atoms with van der Waals surface area (Å²) in [4.78, 5) is 0. The maximum atomic E-state index is 10.5. The summed E-state index contributed by atoms with van der Waals surface area (Å²) in [7, 11) is 1.98. The van der Waals surface area contributed by atoms with Gasteiger partial charge in [-0.15, -0.1) is 0 Å². The van der Waals surface area contributed by atoms with Crippen LogP contribution in [0.5, 0.6) is 0 Å². The molecule has 1 aromatic rings. The van der Waals surface area contributed by atoms with Gasteiger partial charge in [0.15, 0.2) is 0 Å². The van der Waals surface area contributed by atoms with Crippen LogP contribution in [0.2, 0.25) is 0 Å². The molecule has 20 heavy (non-hydrogen) atoms. The number of aryl methyl sites for hydroxylation is 2. The molecule has 0 radical (unpaired) electrons. The van der Waals surface area contributed by atoms with Crippen LogP contribution in [0.1, 0.15) is 57.1 Å². The largest absolute Gasteiger partial charge is 0.393 e. The third-order valence-corrected chi connectivity index (χ3v) is 5.74. The van der Waals surface area contributed by atoms with Crippen molar-refractivity contribution in [2.45, 2.75) is 63.9 Å². The average Bonchev–Trinajstić information content (AvgIpc) is 2.89. The Morgan fingerprint density at radius 1 is 1.25 bits per heavy atom. The van der Waals surface area contributed by atoms with Crippen LogP contribution in [0.3, 0.4) is 0 Å². The summed E-state index contributed by atoms with van der Waals surface area (Å²) in [5.41, 5.74) is 1.23. The van der Waals surface area contributed by atoms with E-state index in [1.54, 1.807) is 0 Å². The summed E-state index contributed by atoms with van der Waals surface area (Å²) in [6.07, 6.45) is 13.2. The van der Waals surface area contributed by atoms with E-state index in [9.17, 15) is 5.11 Å². The number of nitrogens with zero attached hydrogens (tertiary/aromatic N) is 2. The number of hydrogen-bond acceptors (Lipinski definition) is 2. The van der Waals surface area contributed by atoms with Crippen molar-refractivity contribution < 1.29 is 5.11 Å². The van der Waals surface area contributed by atoms with Crippen molar-refractivity contribution in [3.8, 4) is 0 Å². The molecule has 3 heteroatoms. The summed E-state index contributed by atoms with van der Waals surface area (Å²) < 4.78 is 1.92. The van der Waals surface area contributed by atoms with Crippen LogP contribution in [-0.4, -0.2) is 21.0 Å². The fourth-order valence-corrected chi connectivity index (χ4v) is 4.44. The van der Waals surface area contributed by atoms with Crippen molar-refractivity contribution in [2.75, 3.05) is 0 Å². The van der Waals surface area contributed by atoms with E-state index < -0.39 is 0 Å². The van der Waals surface area contributed by atoms with E-state index in [0.717, 1.165) is 24.7 Å². The average molecular weight is 276 g/mol. The van der Waals surface area contributed by atoms with E-state index in [0.29, 0.717) is 5.92 Å². The van der Waals surface area contributed by atoms with Crippen LogP contribution in [-0.2, 0) is 13.5 Å². The minimum absolute atomic E-state index is 0.118. The maximum absolute atomic E-state index is 10.5. The highest BCUT2D eigenvalue weighted by Crippen LogP contribution is 2.43. The van der Waals surface area contributed by atoms with E-state index in [1.807, 2.05) is 17.9 Å². The molecule has 0 spiro atoms. The molecule has 4 unspecified atom stereocenters. The lowest BCUT2D eigenvalue weighted by Crippen LogP contribution is -2.33. The zero-order valence-electron chi connectivity index (χ0n) is 12.7. The van der Waals surface area contributed by atoms with Gasteiger partial charge in [-0.3, -0.25) is 4.68 Å². The number of aromatic nitrogens is 2. The SMILES string of the molecule is Cn1nccc1CCC(O)C1CCC2CCCCC2C1. The van der Waals surface area contributed by atoms with Gasteiger partial charge in [-0.2, -0.15) is 5.10 Å². The predicted molar refractivity (Wildman–Crippen MR) is 80.3 cm³/mol. The van der Waals surface area contributed by atoms with Crippen molar-refractivity contribution in [1.29, 1.82) is 0 Å². The Hall–Kier alpha value is -0.830. The predicted octanol–water partition coefficient (Wildman–Crippen LogP) is 3.32. The zero-order valence-corrected chi connectivity index (χ0v) is 12.7. The van der Waals surface area contributed by atoms with Crippen LogP contribution < -0.4 is 0 Å². The van der Waals surface area contributed by atoms with Gasteiger partial charge in [0.25, 0.3) is 0 Å². The minimum Gasteiger partial charge on any atom is -0.393 e. The van der Waals surface area contributed by atoms with Gasteiger partial charge in [0.05, 0.1) is 6.10 Å².